The molecule has 0 spiro atoms. The van der Waals surface area contributed by atoms with Crippen molar-refractivity contribution in [2.24, 2.45) is 0 Å². The monoisotopic (exact) mass is 252 g/mol. The molecule has 1 atom stereocenters. The summed E-state index contributed by atoms with van der Waals surface area (Å²) in [5, 5.41) is 0. The van der Waals surface area contributed by atoms with E-state index in [-0.39, 0.29) is 11.9 Å². The quantitative estimate of drug-likeness (QED) is 0.572. The number of aryl methyl sites for hydroxylation is 3. The first-order valence-corrected chi connectivity index (χ1v) is 6.46. The van der Waals surface area contributed by atoms with Crippen molar-refractivity contribution in [3.63, 3.8) is 0 Å². The fraction of sp³-hybridized carbons (Fsp3) is 0.235. The van der Waals surface area contributed by atoms with Gasteiger partial charge < -0.3 is 4.74 Å². The SMILES string of the molecule is Cc1ccc(C2C(=O)Oc3c(C)cccc32)c(C)c1. The summed E-state index contributed by atoms with van der Waals surface area (Å²) in [4.78, 5) is 12.2. The van der Waals surface area contributed by atoms with Crippen LogP contribution in [0.3, 0.4) is 0 Å². The summed E-state index contributed by atoms with van der Waals surface area (Å²) >= 11 is 0. The number of ether oxygens (including phenoxy) is 1. The molecule has 2 aromatic rings. The van der Waals surface area contributed by atoms with Gasteiger partial charge in [0.2, 0.25) is 0 Å². The van der Waals surface area contributed by atoms with Crippen molar-refractivity contribution >= 4 is 5.97 Å². The highest BCUT2D eigenvalue weighted by Gasteiger charge is 2.35. The third-order valence-electron chi connectivity index (χ3n) is 3.73. The molecular weight excluding hydrogens is 236 g/mol. The molecule has 1 heterocycles. The lowest BCUT2D eigenvalue weighted by Crippen LogP contribution is -2.12. The van der Waals surface area contributed by atoms with E-state index in [2.05, 4.69) is 13.0 Å². The Balaban J connectivity index is 2.17. The molecule has 0 radical (unpaired) electrons. The molecule has 1 aliphatic heterocycles. The van der Waals surface area contributed by atoms with Crippen molar-refractivity contribution in [3.05, 3.63) is 64.2 Å². The molecule has 0 saturated carbocycles. The fourth-order valence-corrected chi connectivity index (χ4v) is 2.77. The van der Waals surface area contributed by atoms with E-state index >= 15 is 0 Å². The molecule has 0 bridgehead atoms. The predicted octanol–water partition coefficient (Wildman–Crippen LogP) is 3.66. The largest absolute Gasteiger partial charge is 0.425 e. The Morgan fingerprint density at radius 1 is 0.947 bits per heavy atom. The maximum absolute atomic E-state index is 12.2. The van der Waals surface area contributed by atoms with Crippen LogP contribution in [-0.4, -0.2) is 5.97 Å². The molecule has 0 aliphatic carbocycles. The van der Waals surface area contributed by atoms with Gasteiger partial charge in [0.25, 0.3) is 0 Å². The van der Waals surface area contributed by atoms with Crippen LogP contribution in [0.5, 0.6) is 5.75 Å². The minimum atomic E-state index is -0.282. The molecule has 96 valence electrons. The third kappa shape index (κ3) is 1.84. The van der Waals surface area contributed by atoms with E-state index in [1.165, 1.54) is 5.56 Å². The number of benzene rings is 2. The molecule has 1 aliphatic rings. The Hall–Kier alpha value is -2.09. The molecule has 0 aromatic heterocycles. The normalized spacial score (nSPS) is 17.2. The van der Waals surface area contributed by atoms with Gasteiger partial charge in [-0.2, -0.15) is 0 Å². The summed E-state index contributed by atoms with van der Waals surface area (Å²) in [5.74, 6) is 0.282. The first-order chi connectivity index (χ1) is 9.08. The van der Waals surface area contributed by atoms with Crippen LogP contribution in [-0.2, 0) is 4.79 Å². The van der Waals surface area contributed by atoms with Crippen LogP contribution in [0.15, 0.2) is 36.4 Å². The van der Waals surface area contributed by atoms with Crippen molar-refractivity contribution in [2.45, 2.75) is 26.7 Å². The fourth-order valence-electron chi connectivity index (χ4n) is 2.77. The van der Waals surface area contributed by atoms with Crippen LogP contribution in [0, 0.1) is 20.8 Å². The van der Waals surface area contributed by atoms with E-state index in [9.17, 15) is 4.79 Å². The molecule has 0 amide bonds. The second kappa shape index (κ2) is 4.23. The molecule has 0 fully saturated rings. The third-order valence-corrected chi connectivity index (χ3v) is 3.73. The molecule has 19 heavy (non-hydrogen) atoms. The highest BCUT2D eigenvalue weighted by atomic mass is 16.5. The van der Waals surface area contributed by atoms with Crippen molar-refractivity contribution < 1.29 is 9.53 Å². The number of para-hydroxylation sites is 1. The van der Waals surface area contributed by atoms with Crippen LogP contribution in [0.25, 0.3) is 0 Å². The van der Waals surface area contributed by atoms with Crippen molar-refractivity contribution in [1.82, 2.24) is 0 Å². The van der Waals surface area contributed by atoms with E-state index in [1.54, 1.807) is 0 Å². The molecule has 2 nitrogen and oxygen atoms in total. The molecule has 0 N–H and O–H groups in total. The molecular formula is C17H16O2. The van der Waals surface area contributed by atoms with Crippen molar-refractivity contribution in [1.29, 1.82) is 0 Å². The van der Waals surface area contributed by atoms with Crippen LogP contribution < -0.4 is 4.74 Å². The number of carbonyl (C=O) groups is 1. The second-order valence-electron chi connectivity index (χ2n) is 5.21. The number of fused-ring (bicyclic) bond motifs is 1. The van der Waals surface area contributed by atoms with Gasteiger partial charge in [0, 0.05) is 5.56 Å². The van der Waals surface area contributed by atoms with Gasteiger partial charge in [-0.25, -0.2) is 0 Å². The zero-order chi connectivity index (χ0) is 13.6. The summed E-state index contributed by atoms with van der Waals surface area (Å²) in [5.41, 5.74) is 5.38. The average Bonchev–Trinajstić information content (AvgIpc) is 2.68. The van der Waals surface area contributed by atoms with Gasteiger partial charge in [0.15, 0.2) is 0 Å². The Bertz CT molecular complexity index is 671. The van der Waals surface area contributed by atoms with E-state index in [0.29, 0.717) is 0 Å². The summed E-state index contributed by atoms with van der Waals surface area (Å²) in [6, 6.07) is 12.1. The predicted molar refractivity (Wildman–Crippen MR) is 74.6 cm³/mol. The zero-order valence-corrected chi connectivity index (χ0v) is 11.4. The van der Waals surface area contributed by atoms with Crippen molar-refractivity contribution in [2.75, 3.05) is 0 Å². The number of hydrogen-bond donors (Lipinski definition) is 0. The molecule has 2 heteroatoms. The van der Waals surface area contributed by atoms with Gasteiger partial charge in [0.1, 0.15) is 11.7 Å². The standard InChI is InChI=1S/C17H16O2/c1-10-7-8-13(12(3)9-10)15-14-6-4-5-11(2)16(14)19-17(15)18/h4-9,15H,1-3H3. The summed E-state index contributed by atoms with van der Waals surface area (Å²) in [6.07, 6.45) is 0. The number of hydrogen-bond acceptors (Lipinski definition) is 2. The highest BCUT2D eigenvalue weighted by Crippen LogP contribution is 2.41. The Morgan fingerprint density at radius 2 is 1.74 bits per heavy atom. The van der Waals surface area contributed by atoms with Crippen LogP contribution in [0.1, 0.15) is 33.7 Å². The summed E-state index contributed by atoms with van der Waals surface area (Å²) in [7, 11) is 0. The zero-order valence-electron chi connectivity index (χ0n) is 11.4. The van der Waals surface area contributed by atoms with Gasteiger partial charge in [-0.05, 0) is 37.5 Å². The molecule has 0 saturated heterocycles. The maximum Gasteiger partial charge on any atom is 0.323 e. The smallest absolute Gasteiger partial charge is 0.323 e. The van der Waals surface area contributed by atoms with Gasteiger partial charge >= 0.3 is 5.97 Å². The van der Waals surface area contributed by atoms with Gasteiger partial charge in [0.05, 0.1) is 0 Å². The lowest BCUT2D eigenvalue weighted by atomic mass is 9.88. The van der Waals surface area contributed by atoms with Crippen LogP contribution in [0.2, 0.25) is 0 Å². The van der Waals surface area contributed by atoms with Gasteiger partial charge in [-0.3, -0.25) is 4.79 Å². The Morgan fingerprint density at radius 3 is 2.47 bits per heavy atom. The minimum absolute atomic E-state index is 0.170. The second-order valence-corrected chi connectivity index (χ2v) is 5.21. The molecule has 2 aromatic carbocycles. The number of carbonyl (C=O) groups excluding carboxylic acids is 1. The van der Waals surface area contributed by atoms with Crippen molar-refractivity contribution in [3.8, 4) is 5.75 Å². The first kappa shape index (κ1) is 12.0. The Kier molecular flexibility index (Phi) is 2.67. The summed E-state index contributed by atoms with van der Waals surface area (Å²) < 4.78 is 5.45. The number of rotatable bonds is 1. The van der Waals surface area contributed by atoms with Crippen LogP contribution >= 0.6 is 0 Å². The molecule has 3 rings (SSSR count). The van der Waals surface area contributed by atoms with E-state index < -0.39 is 0 Å². The van der Waals surface area contributed by atoms with Crippen LogP contribution in [0.4, 0.5) is 0 Å². The lowest BCUT2D eigenvalue weighted by Gasteiger charge is -2.12. The van der Waals surface area contributed by atoms with Gasteiger partial charge in [-0.1, -0.05) is 42.0 Å². The Labute approximate surface area is 113 Å². The lowest BCUT2D eigenvalue weighted by molar-refractivity contribution is -0.133. The summed E-state index contributed by atoms with van der Waals surface area (Å²) in [6.45, 7) is 6.07. The first-order valence-electron chi connectivity index (χ1n) is 6.46. The average molecular weight is 252 g/mol. The number of esters is 1. The van der Waals surface area contributed by atoms with Gasteiger partial charge in [-0.15, -0.1) is 0 Å². The highest BCUT2D eigenvalue weighted by molar-refractivity contribution is 5.90. The van der Waals surface area contributed by atoms with E-state index in [0.717, 1.165) is 28.0 Å². The van der Waals surface area contributed by atoms with E-state index in [1.807, 2.05) is 44.2 Å². The topological polar surface area (TPSA) is 26.3 Å². The maximum atomic E-state index is 12.2. The van der Waals surface area contributed by atoms with E-state index in [4.69, 9.17) is 4.74 Å². The minimum Gasteiger partial charge on any atom is -0.425 e. The molecule has 1 unspecified atom stereocenters.